The molecule has 2 aromatic rings. The molecule has 5 nitrogen and oxygen atoms in total. The summed E-state index contributed by atoms with van der Waals surface area (Å²) in [5.41, 5.74) is 1.01. The maximum atomic E-state index is 12.1. The first-order valence-electron chi connectivity index (χ1n) is 7.50. The van der Waals surface area contributed by atoms with E-state index in [2.05, 4.69) is 21.8 Å². The van der Waals surface area contributed by atoms with Crippen molar-refractivity contribution in [3.63, 3.8) is 0 Å². The number of carbonyl (C=O) groups excluding carboxylic acids is 1. The number of hydrogen-bond acceptors (Lipinski definition) is 5. The highest BCUT2D eigenvalue weighted by molar-refractivity contribution is 7.17. The van der Waals surface area contributed by atoms with Crippen LogP contribution in [0.1, 0.15) is 26.2 Å². The molecule has 0 unspecified atom stereocenters. The van der Waals surface area contributed by atoms with Crippen LogP contribution in [0.5, 0.6) is 0 Å². The minimum atomic E-state index is 0.292. The van der Waals surface area contributed by atoms with Gasteiger partial charge in [0.2, 0.25) is 5.91 Å². The fourth-order valence-electron chi connectivity index (χ4n) is 2.65. The summed E-state index contributed by atoms with van der Waals surface area (Å²) >= 11 is 1.68. The molecule has 0 atom stereocenters. The van der Waals surface area contributed by atoms with Crippen LogP contribution < -0.4 is 4.90 Å². The van der Waals surface area contributed by atoms with Gasteiger partial charge in [-0.05, 0) is 17.9 Å². The van der Waals surface area contributed by atoms with Gasteiger partial charge in [-0.25, -0.2) is 9.97 Å². The number of aromatic nitrogens is 2. The van der Waals surface area contributed by atoms with Gasteiger partial charge in [0, 0.05) is 32.6 Å². The molecular weight excluding hydrogens is 284 g/mol. The van der Waals surface area contributed by atoms with Crippen LogP contribution in [-0.4, -0.2) is 47.0 Å². The van der Waals surface area contributed by atoms with Gasteiger partial charge in [-0.3, -0.25) is 4.79 Å². The lowest BCUT2D eigenvalue weighted by Gasteiger charge is -2.35. The molecule has 112 valence electrons. The SMILES string of the molecule is CCCCC(=O)N1CCN(c2ncnc3ccsc23)CC1. The molecule has 21 heavy (non-hydrogen) atoms. The number of amides is 1. The van der Waals surface area contributed by atoms with Crippen molar-refractivity contribution in [2.75, 3.05) is 31.1 Å². The van der Waals surface area contributed by atoms with Crippen LogP contribution in [0.15, 0.2) is 17.8 Å². The minimum absolute atomic E-state index is 0.292. The number of fused-ring (bicyclic) bond motifs is 1. The summed E-state index contributed by atoms with van der Waals surface area (Å²) in [7, 11) is 0. The maximum absolute atomic E-state index is 12.1. The monoisotopic (exact) mass is 304 g/mol. The van der Waals surface area contributed by atoms with Crippen molar-refractivity contribution in [2.24, 2.45) is 0 Å². The van der Waals surface area contributed by atoms with Crippen LogP contribution in [0.4, 0.5) is 5.82 Å². The number of anilines is 1. The van der Waals surface area contributed by atoms with E-state index in [1.165, 1.54) is 0 Å². The number of unbranched alkanes of at least 4 members (excludes halogenated alkanes) is 1. The van der Waals surface area contributed by atoms with Gasteiger partial charge in [-0.1, -0.05) is 13.3 Å². The number of hydrogen-bond donors (Lipinski definition) is 0. The van der Waals surface area contributed by atoms with Gasteiger partial charge in [0.05, 0.1) is 10.2 Å². The Morgan fingerprint density at radius 1 is 1.29 bits per heavy atom. The zero-order valence-corrected chi connectivity index (χ0v) is 13.1. The summed E-state index contributed by atoms with van der Waals surface area (Å²) < 4.78 is 1.14. The van der Waals surface area contributed by atoms with Crippen LogP contribution in [0.2, 0.25) is 0 Å². The smallest absolute Gasteiger partial charge is 0.222 e. The highest BCUT2D eigenvalue weighted by atomic mass is 32.1. The van der Waals surface area contributed by atoms with Crippen LogP contribution in [0, 0.1) is 0 Å². The Morgan fingerprint density at radius 3 is 2.86 bits per heavy atom. The Bertz CT molecular complexity index is 619. The van der Waals surface area contributed by atoms with Crippen molar-refractivity contribution in [1.29, 1.82) is 0 Å². The molecule has 1 fully saturated rings. The van der Waals surface area contributed by atoms with Crippen LogP contribution in [0.3, 0.4) is 0 Å². The molecule has 0 bridgehead atoms. The second-order valence-electron chi connectivity index (χ2n) is 5.30. The first-order valence-corrected chi connectivity index (χ1v) is 8.38. The van der Waals surface area contributed by atoms with Crippen molar-refractivity contribution in [3.05, 3.63) is 17.8 Å². The molecular formula is C15H20N4OS. The fraction of sp³-hybridized carbons (Fsp3) is 0.533. The third-order valence-electron chi connectivity index (χ3n) is 3.90. The number of thiophene rings is 1. The molecule has 0 aliphatic carbocycles. The van der Waals surface area contributed by atoms with Crippen LogP contribution >= 0.6 is 11.3 Å². The summed E-state index contributed by atoms with van der Waals surface area (Å²) in [5, 5.41) is 2.05. The van der Waals surface area contributed by atoms with Gasteiger partial charge in [0.1, 0.15) is 12.1 Å². The Labute approximate surface area is 128 Å². The minimum Gasteiger partial charge on any atom is -0.352 e. The van der Waals surface area contributed by atoms with Gasteiger partial charge in [0.15, 0.2) is 0 Å². The number of piperazine rings is 1. The van der Waals surface area contributed by atoms with Crippen molar-refractivity contribution in [2.45, 2.75) is 26.2 Å². The maximum Gasteiger partial charge on any atom is 0.222 e. The molecule has 1 aliphatic rings. The molecule has 6 heteroatoms. The number of rotatable bonds is 4. The second-order valence-corrected chi connectivity index (χ2v) is 6.22. The molecule has 1 amide bonds. The molecule has 3 rings (SSSR count). The highest BCUT2D eigenvalue weighted by Gasteiger charge is 2.22. The van der Waals surface area contributed by atoms with E-state index in [0.29, 0.717) is 12.3 Å². The van der Waals surface area contributed by atoms with Crippen molar-refractivity contribution in [1.82, 2.24) is 14.9 Å². The topological polar surface area (TPSA) is 49.3 Å². The predicted molar refractivity (Wildman–Crippen MR) is 85.7 cm³/mol. The summed E-state index contributed by atoms with van der Waals surface area (Å²) in [6, 6.07) is 2.02. The first kappa shape index (κ1) is 14.3. The van der Waals surface area contributed by atoms with E-state index in [-0.39, 0.29) is 0 Å². The van der Waals surface area contributed by atoms with Crippen LogP contribution in [-0.2, 0) is 4.79 Å². The predicted octanol–water partition coefficient (Wildman–Crippen LogP) is 2.53. The summed E-state index contributed by atoms with van der Waals surface area (Å²) in [5.74, 6) is 1.30. The molecule has 0 aromatic carbocycles. The second kappa shape index (κ2) is 6.39. The van der Waals surface area contributed by atoms with E-state index in [4.69, 9.17) is 0 Å². The van der Waals surface area contributed by atoms with Gasteiger partial charge in [0.25, 0.3) is 0 Å². The molecule has 3 heterocycles. The van der Waals surface area contributed by atoms with E-state index < -0.39 is 0 Å². The number of nitrogens with zero attached hydrogens (tertiary/aromatic N) is 4. The quantitative estimate of drug-likeness (QED) is 0.871. The number of carbonyl (C=O) groups is 1. The van der Waals surface area contributed by atoms with E-state index in [9.17, 15) is 4.79 Å². The Balaban J connectivity index is 1.66. The lowest BCUT2D eigenvalue weighted by molar-refractivity contribution is -0.131. The van der Waals surface area contributed by atoms with Gasteiger partial charge >= 0.3 is 0 Å². The Morgan fingerprint density at radius 2 is 2.10 bits per heavy atom. The molecule has 0 N–H and O–H groups in total. The van der Waals surface area contributed by atoms with Crippen LogP contribution in [0.25, 0.3) is 10.2 Å². The van der Waals surface area contributed by atoms with Crippen molar-refractivity contribution in [3.8, 4) is 0 Å². The fourth-order valence-corrected chi connectivity index (χ4v) is 3.52. The largest absolute Gasteiger partial charge is 0.352 e. The lowest BCUT2D eigenvalue weighted by atomic mass is 10.2. The van der Waals surface area contributed by atoms with E-state index in [1.54, 1.807) is 17.7 Å². The Hall–Kier alpha value is -1.69. The highest BCUT2D eigenvalue weighted by Crippen LogP contribution is 2.28. The molecule has 2 aromatic heterocycles. The molecule has 0 radical (unpaired) electrons. The molecule has 1 aliphatic heterocycles. The average Bonchev–Trinajstić information content (AvgIpc) is 3.01. The third-order valence-corrected chi connectivity index (χ3v) is 4.80. The molecule has 1 saturated heterocycles. The third kappa shape index (κ3) is 3.00. The van der Waals surface area contributed by atoms with E-state index in [0.717, 1.165) is 55.1 Å². The summed E-state index contributed by atoms with van der Waals surface area (Å²) in [6.07, 6.45) is 4.37. The standard InChI is InChI=1S/C15H20N4OS/c1-2-3-4-13(20)18-6-8-19(9-7-18)15-14-12(5-10-21-14)16-11-17-15/h5,10-11H,2-4,6-9H2,1H3. The van der Waals surface area contributed by atoms with Gasteiger partial charge in [-0.15, -0.1) is 11.3 Å². The zero-order chi connectivity index (χ0) is 14.7. The van der Waals surface area contributed by atoms with Crippen molar-refractivity contribution >= 4 is 33.3 Å². The van der Waals surface area contributed by atoms with Gasteiger partial charge < -0.3 is 9.80 Å². The normalized spacial score (nSPS) is 15.7. The Kier molecular flexibility index (Phi) is 4.34. The van der Waals surface area contributed by atoms with Crippen molar-refractivity contribution < 1.29 is 4.79 Å². The van der Waals surface area contributed by atoms with Gasteiger partial charge in [-0.2, -0.15) is 0 Å². The van der Waals surface area contributed by atoms with E-state index >= 15 is 0 Å². The first-order chi connectivity index (χ1) is 10.3. The average molecular weight is 304 g/mol. The summed E-state index contributed by atoms with van der Waals surface area (Å²) in [4.78, 5) is 25.0. The molecule has 0 spiro atoms. The van der Waals surface area contributed by atoms with E-state index in [1.807, 2.05) is 16.3 Å². The lowest BCUT2D eigenvalue weighted by Crippen LogP contribution is -2.49. The zero-order valence-electron chi connectivity index (χ0n) is 12.3. The summed E-state index contributed by atoms with van der Waals surface area (Å²) in [6.45, 7) is 5.40. The molecule has 0 saturated carbocycles.